The summed E-state index contributed by atoms with van der Waals surface area (Å²) >= 11 is 0. The molecule has 0 aromatic rings. The average Bonchev–Trinajstić information content (AvgIpc) is 1.83. The van der Waals surface area contributed by atoms with E-state index in [2.05, 4.69) is 5.32 Å². The van der Waals surface area contributed by atoms with Gasteiger partial charge in [-0.1, -0.05) is 0 Å². The van der Waals surface area contributed by atoms with Crippen LogP contribution in [-0.4, -0.2) is 28.2 Å². The van der Waals surface area contributed by atoms with Crippen molar-refractivity contribution in [1.29, 1.82) is 0 Å². The van der Waals surface area contributed by atoms with Crippen LogP contribution in [0.3, 0.4) is 0 Å². The molecule has 1 saturated heterocycles. The van der Waals surface area contributed by atoms with Gasteiger partial charge >= 0.3 is 0 Å². The van der Waals surface area contributed by atoms with Crippen LogP contribution >= 0.6 is 0 Å². The molecular formula is C7H13NO2S. The second-order valence-corrected chi connectivity index (χ2v) is 4.46. The van der Waals surface area contributed by atoms with E-state index >= 15 is 0 Å². The van der Waals surface area contributed by atoms with Crippen molar-refractivity contribution in [1.82, 2.24) is 5.32 Å². The first-order valence-electron chi connectivity index (χ1n) is 3.78. The minimum absolute atomic E-state index is 0.0189. The van der Waals surface area contributed by atoms with Gasteiger partial charge in [-0.05, 0) is 12.3 Å². The summed E-state index contributed by atoms with van der Waals surface area (Å²) < 4.78 is 10.6. The summed E-state index contributed by atoms with van der Waals surface area (Å²) in [5, 5.41) is 2.72. The monoisotopic (exact) mass is 175 g/mol. The predicted molar refractivity (Wildman–Crippen MR) is 44.7 cm³/mol. The molecular weight excluding hydrogens is 162 g/mol. The maximum atomic E-state index is 10.6. The van der Waals surface area contributed by atoms with E-state index in [1.165, 1.54) is 6.92 Å². The van der Waals surface area contributed by atoms with Crippen molar-refractivity contribution in [2.45, 2.75) is 13.3 Å². The molecule has 0 aromatic heterocycles. The first-order valence-corrected chi connectivity index (χ1v) is 5.26. The number of nitrogens with one attached hydrogen (secondary N) is 1. The Labute approximate surface area is 69.0 Å². The summed E-state index contributed by atoms with van der Waals surface area (Å²) in [6, 6.07) is 0. The number of amides is 1. The fraction of sp³-hybridized carbons (Fsp3) is 0.857. The topological polar surface area (TPSA) is 46.2 Å². The van der Waals surface area contributed by atoms with Gasteiger partial charge in [0.25, 0.3) is 0 Å². The van der Waals surface area contributed by atoms with E-state index in [9.17, 15) is 9.00 Å². The van der Waals surface area contributed by atoms with Gasteiger partial charge in [-0.25, -0.2) is 0 Å². The Bertz CT molecular complexity index is 173. The van der Waals surface area contributed by atoms with Crippen molar-refractivity contribution < 1.29 is 9.00 Å². The molecule has 1 fully saturated rings. The molecule has 0 spiro atoms. The Hall–Kier alpha value is -0.380. The molecule has 0 bridgehead atoms. The third kappa shape index (κ3) is 3.01. The van der Waals surface area contributed by atoms with E-state index in [1.807, 2.05) is 0 Å². The Morgan fingerprint density at radius 1 is 1.64 bits per heavy atom. The van der Waals surface area contributed by atoms with Gasteiger partial charge in [0.15, 0.2) is 0 Å². The highest BCUT2D eigenvalue weighted by molar-refractivity contribution is 7.86. The molecule has 4 heteroatoms. The van der Waals surface area contributed by atoms with E-state index in [-0.39, 0.29) is 5.91 Å². The van der Waals surface area contributed by atoms with E-state index < -0.39 is 10.8 Å². The molecule has 64 valence electrons. The van der Waals surface area contributed by atoms with Gasteiger partial charge in [0.05, 0.1) is 0 Å². The van der Waals surface area contributed by atoms with Crippen molar-refractivity contribution in [3.63, 3.8) is 0 Å². The molecule has 3 nitrogen and oxygen atoms in total. The van der Waals surface area contributed by atoms with E-state index in [1.54, 1.807) is 0 Å². The molecule has 0 unspecified atom stereocenters. The number of carbonyl (C=O) groups is 1. The third-order valence-corrected chi connectivity index (χ3v) is 3.46. The molecule has 0 radical (unpaired) electrons. The molecule has 0 aromatic carbocycles. The van der Waals surface area contributed by atoms with Crippen molar-refractivity contribution in [3.05, 3.63) is 0 Å². The van der Waals surface area contributed by atoms with Gasteiger partial charge in [0.2, 0.25) is 5.91 Å². The number of hydrogen-bond donors (Lipinski definition) is 1. The van der Waals surface area contributed by atoms with Gasteiger partial charge in [-0.15, -0.1) is 0 Å². The normalized spacial score (nSPS) is 29.2. The minimum Gasteiger partial charge on any atom is -0.356 e. The first-order chi connectivity index (χ1) is 5.18. The van der Waals surface area contributed by atoms with Gasteiger partial charge in [0, 0.05) is 35.8 Å². The molecule has 1 amide bonds. The van der Waals surface area contributed by atoms with E-state index in [0.717, 1.165) is 24.5 Å². The maximum Gasteiger partial charge on any atom is 0.216 e. The van der Waals surface area contributed by atoms with Gasteiger partial charge in [-0.2, -0.15) is 0 Å². The van der Waals surface area contributed by atoms with Gasteiger partial charge in [0.1, 0.15) is 0 Å². The van der Waals surface area contributed by atoms with Crippen LogP contribution in [0.2, 0.25) is 0 Å². The molecule has 0 aliphatic carbocycles. The molecule has 0 saturated carbocycles. The minimum atomic E-state index is -0.549. The molecule has 1 aliphatic heterocycles. The molecule has 11 heavy (non-hydrogen) atoms. The highest BCUT2D eigenvalue weighted by Gasteiger charge is 2.24. The summed E-state index contributed by atoms with van der Waals surface area (Å²) in [7, 11) is -0.549. The lowest BCUT2D eigenvalue weighted by Gasteiger charge is -2.24. The maximum absolute atomic E-state index is 10.6. The Morgan fingerprint density at radius 2 is 2.27 bits per heavy atom. The van der Waals surface area contributed by atoms with Crippen molar-refractivity contribution >= 4 is 16.7 Å². The number of carbonyl (C=O) groups excluding carboxylic acids is 1. The van der Waals surface area contributed by atoms with Gasteiger partial charge in [-0.3, -0.25) is 9.00 Å². The average molecular weight is 175 g/mol. The molecule has 1 rings (SSSR count). The number of hydrogen-bond acceptors (Lipinski definition) is 2. The Morgan fingerprint density at radius 3 is 2.73 bits per heavy atom. The smallest absolute Gasteiger partial charge is 0.216 e. The van der Waals surface area contributed by atoms with Crippen LogP contribution in [0.5, 0.6) is 0 Å². The summed E-state index contributed by atoms with van der Waals surface area (Å²) in [5.41, 5.74) is 0. The van der Waals surface area contributed by atoms with Crippen LogP contribution in [0.25, 0.3) is 0 Å². The van der Waals surface area contributed by atoms with Crippen LogP contribution in [0.1, 0.15) is 13.3 Å². The SMILES string of the molecule is CC(=O)NCCC1CS(=O)C1. The molecule has 1 N–H and O–H groups in total. The summed E-state index contributed by atoms with van der Waals surface area (Å²) in [4.78, 5) is 10.4. The van der Waals surface area contributed by atoms with Crippen molar-refractivity contribution in [2.24, 2.45) is 5.92 Å². The first kappa shape index (κ1) is 8.71. The van der Waals surface area contributed by atoms with Crippen LogP contribution in [0.4, 0.5) is 0 Å². The zero-order chi connectivity index (χ0) is 8.27. The summed E-state index contributed by atoms with van der Waals surface area (Å²) in [5.74, 6) is 2.27. The third-order valence-electron chi connectivity index (χ3n) is 1.77. The van der Waals surface area contributed by atoms with Crippen molar-refractivity contribution in [2.75, 3.05) is 18.1 Å². The van der Waals surface area contributed by atoms with Crippen LogP contribution in [-0.2, 0) is 15.6 Å². The largest absolute Gasteiger partial charge is 0.356 e. The van der Waals surface area contributed by atoms with E-state index in [0.29, 0.717) is 5.92 Å². The molecule has 0 atom stereocenters. The van der Waals surface area contributed by atoms with E-state index in [4.69, 9.17) is 0 Å². The fourth-order valence-electron chi connectivity index (χ4n) is 1.10. The van der Waals surface area contributed by atoms with Crippen LogP contribution < -0.4 is 5.32 Å². The lowest BCUT2D eigenvalue weighted by molar-refractivity contribution is -0.118. The second kappa shape index (κ2) is 3.85. The predicted octanol–water partition coefficient (Wildman–Crippen LogP) is -0.109. The highest BCUT2D eigenvalue weighted by Crippen LogP contribution is 2.16. The molecule has 1 heterocycles. The summed E-state index contributed by atoms with van der Waals surface area (Å²) in [6.45, 7) is 2.25. The Balaban J connectivity index is 1.96. The zero-order valence-electron chi connectivity index (χ0n) is 6.63. The zero-order valence-corrected chi connectivity index (χ0v) is 7.45. The standard InChI is InChI=1S/C7H13NO2S/c1-6(9)8-3-2-7-4-11(10)5-7/h7H,2-5H2,1H3,(H,8,9). The van der Waals surface area contributed by atoms with Crippen LogP contribution in [0.15, 0.2) is 0 Å². The van der Waals surface area contributed by atoms with Crippen LogP contribution in [0, 0.1) is 5.92 Å². The fourth-order valence-corrected chi connectivity index (χ4v) is 2.38. The van der Waals surface area contributed by atoms with Crippen molar-refractivity contribution in [3.8, 4) is 0 Å². The Kier molecular flexibility index (Phi) is 3.05. The lowest BCUT2D eigenvalue weighted by Crippen LogP contribution is -2.34. The quantitative estimate of drug-likeness (QED) is 0.650. The van der Waals surface area contributed by atoms with Gasteiger partial charge < -0.3 is 5.32 Å². The summed E-state index contributed by atoms with van der Waals surface area (Å²) in [6.07, 6.45) is 0.978. The number of rotatable bonds is 3. The second-order valence-electron chi connectivity index (χ2n) is 2.91. The molecule has 1 aliphatic rings. The lowest BCUT2D eigenvalue weighted by atomic mass is 10.1. The highest BCUT2D eigenvalue weighted by atomic mass is 32.2.